The minimum atomic E-state index is -0.262. The van der Waals surface area contributed by atoms with Crippen LogP contribution in [-0.4, -0.2) is 12.1 Å². The van der Waals surface area contributed by atoms with Gasteiger partial charge in [-0.25, -0.2) is 5.43 Å². The van der Waals surface area contributed by atoms with Crippen LogP contribution in [0.2, 0.25) is 10.0 Å². The average Bonchev–Trinajstić information content (AvgIpc) is 2.43. The molecule has 0 aliphatic rings. The van der Waals surface area contributed by atoms with Crippen molar-refractivity contribution in [1.82, 2.24) is 10.4 Å². The number of nitrogens with one attached hydrogen (secondary N) is 1. The zero-order valence-electron chi connectivity index (χ0n) is 10.2. The Balaban J connectivity index is 2.45. The van der Waals surface area contributed by atoms with Gasteiger partial charge in [0.2, 0.25) is 0 Å². The SMILES string of the molecule is COc1cc(C(NN)c2ccncc2Cl)ccc1Cl. The molecule has 0 saturated carbocycles. The van der Waals surface area contributed by atoms with E-state index in [1.807, 2.05) is 18.2 Å². The fourth-order valence-electron chi connectivity index (χ4n) is 1.84. The van der Waals surface area contributed by atoms with Gasteiger partial charge >= 0.3 is 0 Å². The molecule has 3 N–H and O–H groups in total. The monoisotopic (exact) mass is 297 g/mol. The van der Waals surface area contributed by atoms with Crippen molar-refractivity contribution in [3.63, 3.8) is 0 Å². The summed E-state index contributed by atoms with van der Waals surface area (Å²) >= 11 is 12.1. The predicted molar refractivity (Wildman–Crippen MR) is 76.4 cm³/mol. The minimum Gasteiger partial charge on any atom is -0.495 e. The fraction of sp³-hybridized carbons (Fsp3) is 0.154. The van der Waals surface area contributed by atoms with Gasteiger partial charge in [-0.2, -0.15) is 0 Å². The van der Waals surface area contributed by atoms with Gasteiger partial charge in [-0.1, -0.05) is 29.3 Å². The number of nitrogens with two attached hydrogens (primary N) is 1. The molecule has 2 aromatic rings. The summed E-state index contributed by atoms with van der Waals surface area (Å²) < 4.78 is 5.20. The summed E-state index contributed by atoms with van der Waals surface area (Å²) in [5.74, 6) is 6.22. The van der Waals surface area contributed by atoms with Crippen LogP contribution in [-0.2, 0) is 0 Å². The molecule has 100 valence electrons. The Morgan fingerprint density at radius 3 is 2.68 bits per heavy atom. The molecule has 1 atom stereocenters. The lowest BCUT2D eigenvalue weighted by atomic mass is 10.00. The maximum absolute atomic E-state index is 6.14. The van der Waals surface area contributed by atoms with Gasteiger partial charge in [-0.15, -0.1) is 0 Å². The lowest BCUT2D eigenvalue weighted by Crippen LogP contribution is -2.29. The highest BCUT2D eigenvalue weighted by atomic mass is 35.5. The number of hydrogen-bond acceptors (Lipinski definition) is 4. The van der Waals surface area contributed by atoms with Gasteiger partial charge in [0.25, 0.3) is 0 Å². The summed E-state index contributed by atoms with van der Waals surface area (Å²) in [5, 5.41) is 1.09. The second kappa shape index (κ2) is 6.21. The Labute approximate surface area is 121 Å². The topological polar surface area (TPSA) is 60.2 Å². The molecule has 0 spiro atoms. The third-order valence-corrected chi connectivity index (χ3v) is 3.42. The van der Waals surface area contributed by atoms with Crippen LogP contribution in [0.1, 0.15) is 17.2 Å². The molecule has 0 bridgehead atoms. The fourth-order valence-corrected chi connectivity index (χ4v) is 2.26. The van der Waals surface area contributed by atoms with Gasteiger partial charge in [0.15, 0.2) is 0 Å². The molecule has 4 nitrogen and oxygen atoms in total. The van der Waals surface area contributed by atoms with Crippen molar-refractivity contribution in [2.24, 2.45) is 5.84 Å². The van der Waals surface area contributed by atoms with Crippen molar-refractivity contribution in [1.29, 1.82) is 0 Å². The van der Waals surface area contributed by atoms with Crippen LogP contribution in [0.5, 0.6) is 5.75 Å². The first-order chi connectivity index (χ1) is 9.17. The van der Waals surface area contributed by atoms with Crippen molar-refractivity contribution < 1.29 is 4.74 Å². The van der Waals surface area contributed by atoms with Gasteiger partial charge in [-0.05, 0) is 29.3 Å². The number of aromatic nitrogens is 1. The van der Waals surface area contributed by atoms with E-state index in [2.05, 4.69) is 10.4 Å². The molecule has 1 aromatic carbocycles. The molecule has 1 aromatic heterocycles. The van der Waals surface area contributed by atoms with Crippen molar-refractivity contribution in [2.45, 2.75) is 6.04 Å². The summed E-state index contributed by atoms with van der Waals surface area (Å²) in [6.45, 7) is 0. The first-order valence-electron chi connectivity index (χ1n) is 5.56. The quantitative estimate of drug-likeness (QED) is 0.673. The van der Waals surface area contributed by atoms with Gasteiger partial charge in [0, 0.05) is 12.4 Å². The number of methoxy groups -OCH3 is 1. The summed E-state index contributed by atoms with van der Waals surface area (Å²) in [4.78, 5) is 3.96. The molecular weight excluding hydrogens is 285 g/mol. The molecule has 2 rings (SSSR count). The zero-order valence-corrected chi connectivity index (χ0v) is 11.7. The predicted octanol–water partition coefficient (Wildman–Crippen LogP) is 2.95. The minimum absolute atomic E-state index is 0.262. The highest BCUT2D eigenvalue weighted by Gasteiger charge is 2.17. The largest absolute Gasteiger partial charge is 0.495 e. The number of nitrogens with zero attached hydrogens (tertiary/aromatic N) is 1. The molecule has 0 radical (unpaired) electrons. The van der Waals surface area contributed by atoms with Gasteiger partial charge in [0.05, 0.1) is 23.2 Å². The molecule has 0 amide bonds. The Bertz CT molecular complexity index is 578. The van der Waals surface area contributed by atoms with E-state index < -0.39 is 0 Å². The molecule has 1 unspecified atom stereocenters. The molecular formula is C13H13Cl2N3O. The number of ether oxygens (including phenoxy) is 1. The lowest BCUT2D eigenvalue weighted by molar-refractivity contribution is 0.414. The number of halogens is 2. The van der Waals surface area contributed by atoms with E-state index >= 15 is 0 Å². The van der Waals surface area contributed by atoms with Crippen LogP contribution in [0.3, 0.4) is 0 Å². The van der Waals surface area contributed by atoms with Gasteiger partial charge < -0.3 is 4.74 Å². The Kier molecular flexibility index (Phi) is 4.61. The Morgan fingerprint density at radius 1 is 1.26 bits per heavy atom. The van der Waals surface area contributed by atoms with E-state index in [-0.39, 0.29) is 6.04 Å². The molecule has 1 heterocycles. The van der Waals surface area contributed by atoms with E-state index in [0.717, 1.165) is 11.1 Å². The van der Waals surface area contributed by atoms with E-state index in [0.29, 0.717) is 15.8 Å². The first-order valence-corrected chi connectivity index (χ1v) is 6.32. The number of hydrazine groups is 1. The standard InChI is InChI=1S/C13H13Cl2N3O/c1-19-12-6-8(2-3-10(12)14)13(18-16)9-4-5-17-7-11(9)15/h2-7,13,18H,16H2,1H3. The van der Waals surface area contributed by atoms with Crippen LogP contribution in [0.4, 0.5) is 0 Å². The zero-order chi connectivity index (χ0) is 13.8. The lowest BCUT2D eigenvalue weighted by Gasteiger charge is -2.18. The number of hydrogen-bond donors (Lipinski definition) is 2. The smallest absolute Gasteiger partial charge is 0.137 e. The van der Waals surface area contributed by atoms with Gasteiger partial charge in [0.1, 0.15) is 5.75 Å². The molecule has 6 heteroatoms. The Morgan fingerprint density at radius 2 is 2.05 bits per heavy atom. The molecule has 0 fully saturated rings. The van der Waals surface area contributed by atoms with Crippen LogP contribution in [0.25, 0.3) is 0 Å². The molecule has 0 aliphatic carbocycles. The third kappa shape index (κ3) is 2.98. The molecule has 0 saturated heterocycles. The van der Waals surface area contributed by atoms with E-state index in [9.17, 15) is 0 Å². The van der Waals surface area contributed by atoms with Crippen molar-refractivity contribution in [3.8, 4) is 5.75 Å². The van der Waals surface area contributed by atoms with Crippen LogP contribution in [0.15, 0.2) is 36.7 Å². The van der Waals surface area contributed by atoms with Crippen LogP contribution >= 0.6 is 23.2 Å². The normalized spacial score (nSPS) is 12.2. The maximum atomic E-state index is 6.14. The van der Waals surface area contributed by atoms with Crippen LogP contribution in [0, 0.1) is 0 Å². The molecule has 0 aliphatic heterocycles. The molecule has 19 heavy (non-hydrogen) atoms. The highest BCUT2D eigenvalue weighted by Crippen LogP contribution is 2.32. The van der Waals surface area contributed by atoms with E-state index in [4.69, 9.17) is 33.8 Å². The van der Waals surface area contributed by atoms with Crippen molar-refractivity contribution in [3.05, 3.63) is 57.8 Å². The summed E-state index contributed by atoms with van der Waals surface area (Å²) in [6, 6.07) is 7.00. The van der Waals surface area contributed by atoms with Crippen LogP contribution < -0.4 is 16.0 Å². The third-order valence-electron chi connectivity index (χ3n) is 2.79. The van der Waals surface area contributed by atoms with Gasteiger partial charge in [-0.3, -0.25) is 10.8 Å². The second-order valence-electron chi connectivity index (χ2n) is 3.89. The number of pyridine rings is 1. The Hall–Kier alpha value is -1.33. The summed E-state index contributed by atoms with van der Waals surface area (Å²) in [7, 11) is 1.56. The van der Waals surface area contributed by atoms with E-state index in [1.54, 1.807) is 25.6 Å². The second-order valence-corrected chi connectivity index (χ2v) is 4.71. The number of rotatable bonds is 4. The van der Waals surface area contributed by atoms with Crippen molar-refractivity contribution >= 4 is 23.2 Å². The van der Waals surface area contributed by atoms with Crippen molar-refractivity contribution in [2.75, 3.05) is 7.11 Å². The highest BCUT2D eigenvalue weighted by molar-refractivity contribution is 6.32. The first kappa shape index (κ1) is 14.1. The average molecular weight is 298 g/mol. The number of benzene rings is 1. The summed E-state index contributed by atoms with van der Waals surface area (Å²) in [5.41, 5.74) is 4.47. The van der Waals surface area contributed by atoms with E-state index in [1.165, 1.54) is 0 Å². The maximum Gasteiger partial charge on any atom is 0.137 e. The summed E-state index contributed by atoms with van der Waals surface area (Å²) in [6.07, 6.45) is 3.24.